The molecule has 22 heavy (non-hydrogen) atoms. The molecule has 9 heteroatoms. The number of hydrogen-bond donors (Lipinski definition) is 4. The first-order valence-electron chi connectivity index (χ1n) is 6.57. The van der Waals surface area contributed by atoms with Crippen LogP contribution in [-0.4, -0.2) is 66.2 Å². The molecule has 0 bridgehead atoms. The minimum Gasteiger partial charge on any atom is -0.394 e. The zero-order chi connectivity index (χ0) is 16.5. The van der Waals surface area contributed by atoms with Crippen LogP contribution in [0.3, 0.4) is 0 Å². The van der Waals surface area contributed by atoms with Crippen LogP contribution >= 0.6 is 0 Å². The van der Waals surface area contributed by atoms with Gasteiger partial charge >= 0.3 is 0 Å². The molecule has 2 rings (SSSR count). The fourth-order valence-electron chi connectivity index (χ4n) is 2.16. The van der Waals surface area contributed by atoms with Crippen LogP contribution in [-0.2, 0) is 19.0 Å². The minimum absolute atomic E-state index is 0.105. The Morgan fingerprint density at radius 3 is 2.36 bits per heavy atom. The minimum atomic E-state index is -4.26. The third-order valence-electron chi connectivity index (χ3n) is 3.43. The highest BCUT2D eigenvalue weighted by Gasteiger charge is 2.46. The van der Waals surface area contributed by atoms with Crippen LogP contribution in [0.25, 0.3) is 0 Å². The Labute approximate surface area is 127 Å². The van der Waals surface area contributed by atoms with Gasteiger partial charge in [-0.2, -0.15) is 8.42 Å². The zero-order valence-electron chi connectivity index (χ0n) is 11.7. The standard InChI is InChI=1S/C13H18O8S/c1-7-4-2-3-5-9(7)22(18,19)21-13-12(17)11(16)10(15)8(6-14)20-13/h2-5,8,10-17H,6H2,1H3/t8-,10-,11+,12-,13-/m1/s1. The third kappa shape index (κ3) is 3.30. The molecular weight excluding hydrogens is 316 g/mol. The Balaban J connectivity index is 2.23. The van der Waals surface area contributed by atoms with Crippen molar-refractivity contribution in [2.45, 2.75) is 42.5 Å². The molecular formula is C13H18O8S. The summed E-state index contributed by atoms with van der Waals surface area (Å²) in [5.74, 6) is 0. The number of rotatable bonds is 4. The first kappa shape index (κ1) is 17.3. The molecule has 0 saturated carbocycles. The van der Waals surface area contributed by atoms with Crippen molar-refractivity contribution in [3.05, 3.63) is 29.8 Å². The highest BCUT2D eigenvalue weighted by molar-refractivity contribution is 7.86. The summed E-state index contributed by atoms with van der Waals surface area (Å²) in [4.78, 5) is -0.105. The van der Waals surface area contributed by atoms with Crippen LogP contribution in [0.1, 0.15) is 5.56 Å². The molecule has 5 atom stereocenters. The molecule has 1 saturated heterocycles. The lowest BCUT2D eigenvalue weighted by molar-refractivity contribution is -0.276. The topological polar surface area (TPSA) is 134 Å². The molecule has 8 nitrogen and oxygen atoms in total. The van der Waals surface area contributed by atoms with Gasteiger partial charge in [-0.3, -0.25) is 0 Å². The molecule has 1 aliphatic heterocycles. The van der Waals surface area contributed by atoms with Crippen molar-refractivity contribution in [2.75, 3.05) is 6.61 Å². The second-order valence-electron chi connectivity index (χ2n) is 5.01. The van der Waals surface area contributed by atoms with Crippen molar-refractivity contribution in [3.63, 3.8) is 0 Å². The normalized spacial score (nSPS) is 32.9. The smallest absolute Gasteiger partial charge is 0.299 e. The lowest BCUT2D eigenvalue weighted by atomic mass is 10.00. The molecule has 0 amide bonds. The van der Waals surface area contributed by atoms with Crippen molar-refractivity contribution >= 4 is 10.1 Å². The lowest BCUT2D eigenvalue weighted by Crippen LogP contribution is -2.59. The number of aryl methyl sites for hydroxylation is 1. The maximum absolute atomic E-state index is 12.2. The van der Waals surface area contributed by atoms with Gasteiger partial charge in [0.1, 0.15) is 24.4 Å². The monoisotopic (exact) mass is 334 g/mol. The molecule has 1 heterocycles. The van der Waals surface area contributed by atoms with Crippen LogP contribution in [0.5, 0.6) is 0 Å². The van der Waals surface area contributed by atoms with E-state index in [-0.39, 0.29) is 4.90 Å². The Kier molecular flexibility index (Phi) is 5.17. The molecule has 124 valence electrons. The predicted octanol–water partition coefficient (Wildman–Crippen LogP) is -1.50. The van der Waals surface area contributed by atoms with Crippen molar-refractivity contribution in [3.8, 4) is 0 Å². The van der Waals surface area contributed by atoms with E-state index in [1.165, 1.54) is 12.1 Å². The summed E-state index contributed by atoms with van der Waals surface area (Å²) >= 11 is 0. The molecule has 0 aliphatic carbocycles. The summed E-state index contributed by atoms with van der Waals surface area (Å²) in [7, 11) is -4.26. The number of ether oxygens (including phenoxy) is 1. The van der Waals surface area contributed by atoms with E-state index in [0.717, 1.165) is 0 Å². The second kappa shape index (κ2) is 6.59. The van der Waals surface area contributed by atoms with E-state index in [2.05, 4.69) is 0 Å². The van der Waals surface area contributed by atoms with Gasteiger partial charge in [0.05, 0.1) is 11.5 Å². The van der Waals surface area contributed by atoms with Gasteiger partial charge in [-0.25, -0.2) is 4.18 Å². The highest BCUT2D eigenvalue weighted by atomic mass is 32.2. The van der Waals surface area contributed by atoms with Gasteiger partial charge < -0.3 is 25.2 Å². The van der Waals surface area contributed by atoms with Gasteiger partial charge in [-0.05, 0) is 18.6 Å². The molecule has 0 aromatic heterocycles. The number of hydrogen-bond acceptors (Lipinski definition) is 8. The van der Waals surface area contributed by atoms with E-state index in [4.69, 9.17) is 14.0 Å². The van der Waals surface area contributed by atoms with E-state index in [0.29, 0.717) is 5.56 Å². The van der Waals surface area contributed by atoms with Crippen molar-refractivity contribution in [2.24, 2.45) is 0 Å². The van der Waals surface area contributed by atoms with Gasteiger partial charge in [-0.15, -0.1) is 0 Å². The number of benzene rings is 1. The van der Waals surface area contributed by atoms with Crippen LogP contribution in [0.4, 0.5) is 0 Å². The van der Waals surface area contributed by atoms with Crippen LogP contribution in [0, 0.1) is 6.92 Å². The number of aliphatic hydroxyl groups is 4. The molecule has 1 fully saturated rings. The van der Waals surface area contributed by atoms with E-state index in [1.807, 2.05) is 0 Å². The summed E-state index contributed by atoms with van der Waals surface area (Å²) in [5, 5.41) is 38.1. The number of aliphatic hydroxyl groups excluding tert-OH is 4. The van der Waals surface area contributed by atoms with E-state index < -0.39 is 47.4 Å². The first-order chi connectivity index (χ1) is 10.3. The van der Waals surface area contributed by atoms with Gasteiger partial charge in [0, 0.05) is 0 Å². The fraction of sp³-hybridized carbons (Fsp3) is 0.538. The van der Waals surface area contributed by atoms with Gasteiger partial charge in [0.25, 0.3) is 10.1 Å². The molecule has 1 aromatic carbocycles. The Morgan fingerprint density at radius 2 is 1.77 bits per heavy atom. The van der Waals surface area contributed by atoms with Crippen molar-refractivity contribution in [1.29, 1.82) is 0 Å². The molecule has 0 radical (unpaired) electrons. The fourth-order valence-corrected chi connectivity index (χ4v) is 3.38. The quantitative estimate of drug-likeness (QED) is 0.489. The van der Waals surface area contributed by atoms with Gasteiger partial charge in [-0.1, -0.05) is 18.2 Å². The summed E-state index contributed by atoms with van der Waals surface area (Å²) in [6, 6.07) is 6.07. The van der Waals surface area contributed by atoms with E-state index >= 15 is 0 Å². The Bertz CT molecular complexity index is 614. The molecule has 1 aliphatic rings. The maximum atomic E-state index is 12.2. The lowest BCUT2D eigenvalue weighted by Gasteiger charge is -2.39. The van der Waals surface area contributed by atoms with Crippen LogP contribution in [0.15, 0.2) is 29.2 Å². The van der Waals surface area contributed by atoms with E-state index in [9.17, 15) is 23.7 Å². The maximum Gasteiger partial charge on any atom is 0.299 e. The summed E-state index contributed by atoms with van der Waals surface area (Å²) < 4.78 is 34.3. The molecule has 0 spiro atoms. The predicted molar refractivity (Wildman–Crippen MR) is 73.2 cm³/mol. The molecule has 1 aromatic rings. The van der Waals surface area contributed by atoms with Crippen molar-refractivity contribution in [1.82, 2.24) is 0 Å². The average Bonchev–Trinajstić information content (AvgIpc) is 2.48. The average molecular weight is 334 g/mol. The summed E-state index contributed by atoms with van der Waals surface area (Å²) in [5.41, 5.74) is 0.437. The third-order valence-corrected chi connectivity index (χ3v) is 4.87. The van der Waals surface area contributed by atoms with E-state index in [1.54, 1.807) is 19.1 Å². The van der Waals surface area contributed by atoms with Crippen molar-refractivity contribution < 1.29 is 37.8 Å². The van der Waals surface area contributed by atoms with Gasteiger partial charge in [0.15, 0.2) is 0 Å². The molecule has 4 N–H and O–H groups in total. The SMILES string of the molecule is Cc1ccccc1S(=O)(=O)O[C@H]1O[C@H](CO)[C@@H](O)[C@H](O)[C@H]1O. The van der Waals surface area contributed by atoms with Gasteiger partial charge in [0.2, 0.25) is 6.29 Å². The van der Waals surface area contributed by atoms with Crippen LogP contribution < -0.4 is 0 Å². The summed E-state index contributed by atoms with van der Waals surface area (Å²) in [6.45, 7) is 0.902. The van der Waals surface area contributed by atoms with Crippen LogP contribution in [0.2, 0.25) is 0 Å². The zero-order valence-corrected chi connectivity index (χ0v) is 12.5. The highest BCUT2D eigenvalue weighted by Crippen LogP contribution is 2.26. The summed E-state index contributed by atoms with van der Waals surface area (Å²) in [6.07, 6.45) is -8.05. The Hall–Kier alpha value is -1.07. The molecule has 0 unspecified atom stereocenters. The Morgan fingerprint density at radius 1 is 1.14 bits per heavy atom. The first-order valence-corrected chi connectivity index (χ1v) is 7.98. The second-order valence-corrected chi connectivity index (χ2v) is 6.55. The largest absolute Gasteiger partial charge is 0.394 e.